The molecule has 0 bridgehead atoms. The molecule has 6 nitrogen and oxygen atoms in total. The monoisotopic (exact) mass is 196 g/mol. The van der Waals surface area contributed by atoms with Crippen molar-refractivity contribution < 1.29 is 9.90 Å². The first kappa shape index (κ1) is 7.87. The molecule has 0 aliphatic rings. The van der Waals surface area contributed by atoms with Gasteiger partial charge in [-0.25, -0.2) is 14.8 Å². The molecule has 2 N–H and O–H groups in total. The Morgan fingerprint density at radius 1 is 1.54 bits per heavy atom. The van der Waals surface area contributed by atoms with Gasteiger partial charge in [0.25, 0.3) is 0 Å². The van der Waals surface area contributed by atoms with Gasteiger partial charge in [0.2, 0.25) is 0 Å². The van der Waals surface area contributed by atoms with Gasteiger partial charge in [-0.05, 0) is 0 Å². The van der Waals surface area contributed by atoms with Gasteiger partial charge >= 0.3 is 5.97 Å². The molecule has 2 aromatic rings. The molecule has 0 saturated heterocycles. The molecule has 0 fully saturated rings. The largest absolute Gasteiger partial charge is 0.476 e. The van der Waals surface area contributed by atoms with Crippen LogP contribution in [-0.4, -0.2) is 31.2 Å². The fourth-order valence-electron chi connectivity index (χ4n) is 0.881. The summed E-state index contributed by atoms with van der Waals surface area (Å²) >= 11 is 1.21. The highest BCUT2D eigenvalue weighted by molar-refractivity contribution is 7.13. The van der Waals surface area contributed by atoms with Crippen LogP contribution in [0.15, 0.2) is 11.8 Å². The number of aromatic nitrogens is 4. The van der Waals surface area contributed by atoms with Gasteiger partial charge < -0.3 is 5.11 Å². The van der Waals surface area contributed by atoms with E-state index in [4.69, 9.17) is 5.11 Å². The van der Waals surface area contributed by atoms with E-state index < -0.39 is 5.97 Å². The topological polar surface area (TPSA) is 91.8 Å². The fourth-order valence-corrected chi connectivity index (χ4v) is 1.61. The van der Waals surface area contributed by atoms with Crippen molar-refractivity contribution in [1.29, 1.82) is 0 Å². The summed E-state index contributed by atoms with van der Waals surface area (Å²) in [5, 5.41) is 14.9. The summed E-state index contributed by atoms with van der Waals surface area (Å²) in [6.45, 7) is 0. The van der Waals surface area contributed by atoms with Gasteiger partial charge in [0.1, 0.15) is 11.2 Å². The molecule has 0 amide bonds. The van der Waals surface area contributed by atoms with Crippen molar-refractivity contribution in [2.45, 2.75) is 0 Å². The predicted octanol–water partition coefficient (Wildman–Crippen LogP) is 0.626. The predicted molar refractivity (Wildman–Crippen MR) is 44.4 cm³/mol. The second-order valence-electron chi connectivity index (χ2n) is 2.17. The average Bonchev–Trinajstić information content (AvgIpc) is 2.74. The van der Waals surface area contributed by atoms with E-state index in [9.17, 15) is 4.79 Å². The van der Waals surface area contributed by atoms with Gasteiger partial charge in [-0.3, -0.25) is 5.10 Å². The number of aromatic carboxylic acids is 1. The summed E-state index contributed by atoms with van der Waals surface area (Å²) < 4.78 is 0. The molecule has 0 unspecified atom stereocenters. The second-order valence-corrected chi connectivity index (χ2v) is 3.02. The van der Waals surface area contributed by atoms with Gasteiger partial charge in [-0.1, -0.05) is 0 Å². The van der Waals surface area contributed by atoms with Crippen LogP contribution in [0.1, 0.15) is 10.5 Å². The normalized spacial score (nSPS) is 10.2. The van der Waals surface area contributed by atoms with Crippen molar-refractivity contribution >= 4 is 17.3 Å². The average molecular weight is 196 g/mol. The zero-order valence-electron chi connectivity index (χ0n) is 6.26. The Morgan fingerprint density at radius 3 is 3.00 bits per heavy atom. The molecule has 0 saturated carbocycles. The lowest BCUT2D eigenvalue weighted by molar-refractivity contribution is 0.0692. The van der Waals surface area contributed by atoms with Crippen molar-refractivity contribution in [3.8, 4) is 10.7 Å². The summed E-state index contributed by atoms with van der Waals surface area (Å²) in [6.07, 6.45) is 1.32. The number of carbonyl (C=O) groups is 1. The molecule has 13 heavy (non-hydrogen) atoms. The highest BCUT2D eigenvalue weighted by atomic mass is 32.1. The molecule has 2 heterocycles. The number of carboxylic acids is 1. The molecule has 0 spiro atoms. The Balaban J connectivity index is 2.52. The van der Waals surface area contributed by atoms with E-state index in [-0.39, 0.29) is 5.69 Å². The third-order valence-corrected chi connectivity index (χ3v) is 2.23. The van der Waals surface area contributed by atoms with Crippen LogP contribution in [-0.2, 0) is 0 Å². The van der Waals surface area contributed by atoms with E-state index in [1.165, 1.54) is 23.2 Å². The number of aromatic amines is 1. The lowest BCUT2D eigenvalue weighted by Crippen LogP contribution is -1.98. The zero-order valence-corrected chi connectivity index (χ0v) is 7.08. The number of carboxylic acid groups (broad SMARTS) is 1. The maximum Gasteiger partial charge on any atom is 0.356 e. The van der Waals surface area contributed by atoms with Crippen molar-refractivity contribution in [3.63, 3.8) is 0 Å². The maximum atomic E-state index is 10.7. The first-order valence-corrected chi connectivity index (χ1v) is 4.19. The van der Waals surface area contributed by atoms with Gasteiger partial charge in [0, 0.05) is 0 Å². The number of nitrogens with zero attached hydrogens (tertiary/aromatic N) is 3. The summed E-state index contributed by atoms with van der Waals surface area (Å²) in [5.41, 5.74) is 1.46. The molecule has 66 valence electrons. The number of hydrogen-bond donors (Lipinski definition) is 2. The molecular formula is C6H4N4O2S. The van der Waals surface area contributed by atoms with E-state index in [1.54, 1.807) is 0 Å². The first-order valence-electron chi connectivity index (χ1n) is 3.31. The minimum Gasteiger partial charge on any atom is -0.476 e. The van der Waals surface area contributed by atoms with E-state index in [0.717, 1.165) is 0 Å². The second kappa shape index (κ2) is 2.94. The van der Waals surface area contributed by atoms with Crippen molar-refractivity contribution in [2.24, 2.45) is 0 Å². The molecule has 0 aliphatic carbocycles. The molecule has 7 heteroatoms. The van der Waals surface area contributed by atoms with Gasteiger partial charge in [-0.2, -0.15) is 5.10 Å². The molecule has 0 radical (unpaired) electrons. The van der Waals surface area contributed by atoms with Crippen LogP contribution >= 0.6 is 11.3 Å². The third kappa shape index (κ3) is 1.29. The van der Waals surface area contributed by atoms with Gasteiger partial charge in [0.15, 0.2) is 11.5 Å². The molecular weight excluding hydrogens is 192 g/mol. The van der Waals surface area contributed by atoms with Crippen molar-refractivity contribution in [1.82, 2.24) is 20.2 Å². The van der Waals surface area contributed by atoms with Crippen molar-refractivity contribution in [2.75, 3.05) is 0 Å². The quantitative estimate of drug-likeness (QED) is 0.734. The zero-order chi connectivity index (χ0) is 9.26. The van der Waals surface area contributed by atoms with E-state index in [0.29, 0.717) is 10.7 Å². The van der Waals surface area contributed by atoms with Gasteiger partial charge in [-0.15, -0.1) is 11.3 Å². The Hall–Kier alpha value is -1.76. The Kier molecular flexibility index (Phi) is 1.78. The standard InChI is InChI=1S/C6H4N4O2S/c11-6(12)3-4(13-2-8-3)5-7-1-9-10-5/h1-2H,(H,11,12)(H,7,9,10). The number of nitrogens with one attached hydrogen (secondary N) is 1. The van der Waals surface area contributed by atoms with E-state index in [1.807, 2.05) is 0 Å². The fraction of sp³-hybridized carbons (Fsp3) is 0. The third-order valence-electron chi connectivity index (χ3n) is 1.40. The highest BCUT2D eigenvalue weighted by Crippen LogP contribution is 2.23. The summed E-state index contributed by atoms with van der Waals surface area (Å²) in [4.78, 5) is 18.7. The van der Waals surface area contributed by atoms with Crippen LogP contribution < -0.4 is 0 Å². The molecule has 0 aliphatic heterocycles. The Labute approximate surface area is 76.3 Å². The summed E-state index contributed by atoms with van der Waals surface area (Å²) in [6, 6.07) is 0. The first-order chi connectivity index (χ1) is 6.29. The number of rotatable bonds is 2. The molecule has 0 atom stereocenters. The molecule has 0 aromatic carbocycles. The Morgan fingerprint density at radius 2 is 2.38 bits per heavy atom. The van der Waals surface area contributed by atoms with E-state index in [2.05, 4.69) is 20.2 Å². The molecule has 2 rings (SSSR count). The highest BCUT2D eigenvalue weighted by Gasteiger charge is 2.16. The van der Waals surface area contributed by atoms with E-state index >= 15 is 0 Å². The van der Waals surface area contributed by atoms with Crippen LogP contribution in [0.5, 0.6) is 0 Å². The summed E-state index contributed by atoms with van der Waals surface area (Å²) in [5.74, 6) is -0.632. The lowest BCUT2D eigenvalue weighted by atomic mass is 10.3. The van der Waals surface area contributed by atoms with Crippen LogP contribution in [0.3, 0.4) is 0 Å². The minimum absolute atomic E-state index is 0.00162. The minimum atomic E-state index is -1.06. The van der Waals surface area contributed by atoms with Crippen LogP contribution in [0.25, 0.3) is 10.7 Å². The van der Waals surface area contributed by atoms with Gasteiger partial charge in [0.05, 0.1) is 5.51 Å². The number of H-pyrrole nitrogens is 1. The lowest BCUT2D eigenvalue weighted by Gasteiger charge is -1.90. The number of thiazole rings is 1. The van der Waals surface area contributed by atoms with Crippen LogP contribution in [0, 0.1) is 0 Å². The van der Waals surface area contributed by atoms with Crippen molar-refractivity contribution in [3.05, 3.63) is 17.5 Å². The summed E-state index contributed by atoms with van der Waals surface area (Å²) in [7, 11) is 0. The van der Waals surface area contributed by atoms with Crippen LogP contribution in [0.4, 0.5) is 0 Å². The smallest absolute Gasteiger partial charge is 0.356 e. The maximum absolute atomic E-state index is 10.7. The SMILES string of the molecule is O=C(O)c1ncsc1-c1ncn[nH]1. The molecule has 2 aromatic heterocycles. The van der Waals surface area contributed by atoms with Crippen LogP contribution in [0.2, 0.25) is 0 Å². The Bertz CT molecular complexity index is 422. The number of hydrogen-bond acceptors (Lipinski definition) is 5.